The van der Waals surface area contributed by atoms with Crippen molar-refractivity contribution in [1.82, 2.24) is 5.32 Å². The van der Waals surface area contributed by atoms with E-state index in [-0.39, 0.29) is 18.4 Å². The molecule has 1 aromatic heterocycles. The van der Waals surface area contributed by atoms with Gasteiger partial charge in [-0.15, -0.1) is 0 Å². The molecule has 1 aromatic carbocycles. The third kappa shape index (κ3) is 3.50. The molecule has 2 atom stereocenters. The highest BCUT2D eigenvalue weighted by Crippen LogP contribution is 2.29. The second-order valence-corrected chi connectivity index (χ2v) is 6.24. The number of hydrogen-bond acceptors (Lipinski definition) is 4. The molecule has 2 rings (SSSR count). The number of aryl methyl sites for hydroxylation is 1. The van der Waals surface area contributed by atoms with Crippen molar-refractivity contribution in [2.45, 2.75) is 39.7 Å². The molecule has 5 heteroatoms. The fourth-order valence-electron chi connectivity index (χ4n) is 2.57. The molecule has 0 radical (unpaired) electrons. The molecule has 0 aliphatic carbocycles. The van der Waals surface area contributed by atoms with Crippen molar-refractivity contribution in [1.29, 1.82) is 0 Å². The van der Waals surface area contributed by atoms with Gasteiger partial charge < -0.3 is 19.6 Å². The molecule has 5 nitrogen and oxygen atoms in total. The maximum atomic E-state index is 12.6. The highest BCUT2D eigenvalue weighted by atomic mass is 16.5. The summed E-state index contributed by atoms with van der Waals surface area (Å²) in [5, 5.41) is 14.0. The monoisotopic (exact) mass is 319 g/mol. The number of aliphatic hydroxyl groups is 1. The van der Waals surface area contributed by atoms with E-state index in [0.717, 1.165) is 6.42 Å². The van der Waals surface area contributed by atoms with Gasteiger partial charge in [0.1, 0.15) is 17.1 Å². The summed E-state index contributed by atoms with van der Waals surface area (Å²) in [4.78, 5) is 12.6. The van der Waals surface area contributed by atoms with Crippen molar-refractivity contribution in [3.63, 3.8) is 0 Å². The highest BCUT2D eigenvalue weighted by Gasteiger charge is 2.28. The molecule has 0 aliphatic rings. The first kappa shape index (κ1) is 17.3. The second kappa shape index (κ2) is 6.62. The van der Waals surface area contributed by atoms with Gasteiger partial charge in [-0.05, 0) is 38.0 Å². The maximum Gasteiger partial charge on any atom is 0.255 e. The molecule has 0 saturated carbocycles. The minimum absolute atomic E-state index is 0.0880. The van der Waals surface area contributed by atoms with Gasteiger partial charge in [-0.3, -0.25) is 4.79 Å². The molecule has 126 valence electrons. The zero-order valence-corrected chi connectivity index (χ0v) is 14.4. The second-order valence-electron chi connectivity index (χ2n) is 6.24. The number of rotatable bonds is 6. The first-order valence-corrected chi connectivity index (χ1v) is 7.87. The van der Waals surface area contributed by atoms with Crippen LogP contribution in [0, 0.1) is 12.8 Å². The molecule has 0 spiro atoms. The van der Waals surface area contributed by atoms with Crippen molar-refractivity contribution in [2.75, 3.05) is 13.7 Å². The van der Waals surface area contributed by atoms with Gasteiger partial charge in [0.25, 0.3) is 5.91 Å². The van der Waals surface area contributed by atoms with Gasteiger partial charge in [0.15, 0.2) is 0 Å². The number of benzene rings is 1. The summed E-state index contributed by atoms with van der Waals surface area (Å²) in [6, 6.07) is 5.36. The van der Waals surface area contributed by atoms with E-state index >= 15 is 0 Å². The summed E-state index contributed by atoms with van der Waals surface area (Å²) in [6.07, 6.45) is 0.841. The van der Waals surface area contributed by atoms with Gasteiger partial charge in [-0.25, -0.2) is 0 Å². The Morgan fingerprint density at radius 1 is 1.48 bits per heavy atom. The first-order chi connectivity index (χ1) is 10.8. The largest absolute Gasteiger partial charge is 0.497 e. The number of hydrogen-bond donors (Lipinski definition) is 2. The lowest BCUT2D eigenvalue weighted by Gasteiger charge is -2.29. The quantitative estimate of drug-likeness (QED) is 0.857. The smallest absolute Gasteiger partial charge is 0.255 e. The Labute approximate surface area is 136 Å². The zero-order valence-electron chi connectivity index (χ0n) is 14.4. The van der Waals surface area contributed by atoms with Crippen molar-refractivity contribution >= 4 is 16.9 Å². The van der Waals surface area contributed by atoms with Gasteiger partial charge in [0, 0.05) is 11.9 Å². The number of methoxy groups -OCH3 is 1. The molecule has 23 heavy (non-hydrogen) atoms. The Balaban J connectivity index is 2.26. The van der Waals surface area contributed by atoms with Crippen LogP contribution in [-0.4, -0.2) is 30.3 Å². The van der Waals surface area contributed by atoms with E-state index in [1.54, 1.807) is 39.2 Å². The number of fused-ring (bicyclic) bond motifs is 1. The number of furan rings is 1. The molecule has 2 unspecified atom stereocenters. The number of ether oxygens (including phenoxy) is 1. The number of carbonyl (C=O) groups is 1. The lowest BCUT2D eigenvalue weighted by molar-refractivity contribution is 0.00592. The van der Waals surface area contributed by atoms with Crippen LogP contribution < -0.4 is 10.1 Å². The standard InChI is InChI=1S/C18H25NO4/c1-6-11(2)18(4,21)10-19-17(20)16-12(3)23-15-8-7-13(22-5)9-14(15)16/h7-9,11,21H,6,10H2,1-5H3,(H,19,20). The van der Waals surface area contributed by atoms with Gasteiger partial charge >= 0.3 is 0 Å². The van der Waals surface area contributed by atoms with Gasteiger partial charge in [0.05, 0.1) is 18.3 Å². The lowest BCUT2D eigenvalue weighted by atomic mass is 9.88. The molecule has 0 bridgehead atoms. The van der Waals surface area contributed by atoms with E-state index in [9.17, 15) is 9.90 Å². The third-order valence-corrected chi connectivity index (χ3v) is 4.58. The van der Waals surface area contributed by atoms with E-state index in [1.807, 2.05) is 13.8 Å². The van der Waals surface area contributed by atoms with Crippen LogP contribution in [0.1, 0.15) is 43.3 Å². The van der Waals surface area contributed by atoms with E-state index in [4.69, 9.17) is 9.15 Å². The fraction of sp³-hybridized carbons (Fsp3) is 0.500. The van der Waals surface area contributed by atoms with E-state index in [1.165, 1.54) is 0 Å². The number of carbonyl (C=O) groups excluding carboxylic acids is 1. The number of amides is 1. The van der Waals surface area contributed by atoms with Crippen LogP contribution in [0.3, 0.4) is 0 Å². The summed E-state index contributed by atoms with van der Waals surface area (Å²) < 4.78 is 10.9. The van der Waals surface area contributed by atoms with Crippen LogP contribution in [0.2, 0.25) is 0 Å². The Bertz CT molecular complexity index is 702. The van der Waals surface area contributed by atoms with Crippen molar-refractivity contribution < 1.29 is 19.1 Å². The summed E-state index contributed by atoms with van der Waals surface area (Å²) in [5.74, 6) is 1.05. The molecule has 1 heterocycles. The van der Waals surface area contributed by atoms with E-state index < -0.39 is 5.60 Å². The fourth-order valence-corrected chi connectivity index (χ4v) is 2.57. The third-order valence-electron chi connectivity index (χ3n) is 4.58. The first-order valence-electron chi connectivity index (χ1n) is 7.87. The van der Waals surface area contributed by atoms with Crippen LogP contribution in [-0.2, 0) is 0 Å². The molecule has 0 saturated heterocycles. The average Bonchev–Trinajstić information content (AvgIpc) is 2.86. The minimum Gasteiger partial charge on any atom is -0.497 e. The van der Waals surface area contributed by atoms with Crippen LogP contribution in [0.4, 0.5) is 0 Å². The average molecular weight is 319 g/mol. The van der Waals surface area contributed by atoms with Crippen molar-refractivity contribution in [2.24, 2.45) is 5.92 Å². The zero-order chi connectivity index (χ0) is 17.2. The molecule has 1 amide bonds. The van der Waals surface area contributed by atoms with E-state index in [2.05, 4.69) is 5.32 Å². The predicted molar refractivity (Wildman–Crippen MR) is 89.9 cm³/mol. The molecular formula is C18H25NO4. The number of nitrogens with one attached hydrogen (secondary N) is 1. The molecule has 0 aliphatic heterocycles. The van der Waals surface area contributed by atoms with Crippen molar-refractivity contribution in [3.8, 4) is 5.75 Å². The predicted octanol–water partition coefficient (Wildman–Crippen LogP) is 3.28. The van der Waals surface area contributed by atoms with Crippen LogP contribution in [0.25, 0.3) is 11.0 Å². The molecule has 0 fully saturated rings. The normalized spacial score (nSPS) is 15.2. The Hall–Kier alpha value is -2.01. The van der Waals surface area contributed by atoms with Gasteiger partial charge in [-0.2, -0.15) is 0 Å². The highest BCUT2D eigenvalue weighted by molar-refractivity contribution is 6.07. The Morgan fingerprint density at radius 2 is 2.17 bits per heavy atom. The molecular weight excluding hydrogens is 294 g/mol. The molecule has 2 N–H and O–H groups in total. The summed E-state index contributed by atoms with van der Waals surface area (Å²) in [6.45, 7) is 7.67. The van der Waals surface area contributed by atoms with E-state index in [0.29, 0.717) is 28.0 Å². The lowest BCUT2D eigenvalue weighted by Crippen LogP contribution is -2.45. The Morgan fingerprint density at radius 3 is 2.78 bits per heavy atom. The van der Waals surface area contributed by atoms with Crippen LogP contribution in [0.15, 0.2) is 22.6 Å². The summed E-state index contributed by atoms with van der Waals surface area (Å²) in [5.41, 5.74) is 0.177. The van der Waals surface area contributed by atoms with Crippen LogP contribution in [0.5, 0.6) is 5.75 Å². The topological polar surface area (TPSA) is 71.7 Å². The molecule has 2 aromatic rings. The summed E-state index contributed by atoms with van der Waals surface area (Å²) in [7, 11) is 1.58. The SMILES string of the molecule is CCC(C)C(C)(O)CNC(=O)c1c(C)oc2ccc(OC)cc12. The maximum absolute atomic E-state index is 12.6. The van der Waals surface area contributed by atoms with Crippen molar-refractivity contribution in [3.05, 3.63) is 29.5 Å². The van der Waals surface area contributed by atoms with Gasteiger partial charge in [0.2, 0.25) is 0 Å². The minimum atomic E-state index is -0.949. The summed E-state index contributed by atoms with van der Waals surface area (Å²) >= 11 is 0. The van der Waals surface area contributed by atoms with Crippen LogP contribution >= 0.6 is 0 Å². The Kier molecular flexibility index (Phi) is 5.00. The van der Waals surface area contributed by atoms with Gasteiger partial charge in [-0.1, -0.05) is 20.3 Å².